The molecule has 3 heteroatoms. The maximum atomic E-state index is 10.6. The fourth-order valence-electron chi connectivity index (χ4n) is 2.88. The number of unbranched alkanes of at least 4 members (excludes halogenated alkanes) is 1. The van der Waals surface area contributed by atoms with Gasteiger partial charge in [-0.3, -0.25) is 0 Å². The van der Waals surface area contributed by atoms with E-state index < -0.39 is 5.79 Å². The van der Waals surface area contributed by atoms with Gasteiger partial charge in [0.25, 0.3) is 0 Å². The van der Waals surface area contributed by atoms with Crippen molar-refractivity contribution in [2.75, 3.05) is 0 Å². The third-order valence-electron chi connectivity index (χ3n) is 3.93. The second-order valence-corrected chi connectivity index (χ2v) is 6.50. The molecule has 0 aromatic heterocycles. The van der Waals surface area contributed by atoms with Crippen LogP contribution in [0.1, 0.15) is 66.7 Å². The zero-order valence-electron chi connectivity index (χ0n) is 13.1. The molecular formula is C16H30O3. The Morgan fingerprint density at radius 1 is 1.26 bits per heavy atom. The summed E-state index contributed by atoms with van der Waals surface area (Å²) in [6.07, 6.45) is 6.43. The predicted octanol–water partition coefficient (Wildman–Crippen LogP) is 3.95. The van der Waals surface area contributed by atoms with Crippen LogP contribution in [0.5, 0.6) is 0 Å². The van der Waals surface area contributed by atoms with Crippen molar-refractivity contribution in [2.45, 2.75) is 84.7 Å². The zero-order valence-corrected chi connectivity index (χ0v) is 13.1. The van der Waals surface area contributed by atoms with E-state index in [2.05, 4.69) is 20.8 Å². The molecule has 0 radical (unpaired) electrons. The molecule has 0 amide bonds. The molecule has 0 N–H and O–H groups in total. The average molecular weight is 270 g/mol. The summed E-state index contributed by atoms with van der Waals surface area (Å²) in [7, 11) is 0. The third kappa shape index (κ3) is 5.23. The smallest absolute Gasteiger partial charge is 0.163 e. The Labute approximate surface area is 118 Å². The fourth-order valence-corrected chi connectivity index (χ4v) is 2.88. The molecule has 4 atom stereocenters. The standard InChI is InChI=1S/C16H30O3/c1-6-7-8-13(3)15-14(11-12(2)9-10-17)18-16(4,5)19-15/h10,12-15H,6-9,11H2,1-5H3/t12-,13+,14-,15+/m0/s1. The summed E-state index contributed by atoms with van der Waals surface area (Å²) in [6, 6.07) is 0. The van der Waals surface area contributed by atoms with E-state index in [0.29, 0.717) is 18.3 Å². The Kier molecular flexibility index (Phi) is 6.48. The molecule has 19 heavy (non-hydrogen) atoms. The summed E-state index contributed by atoms with van der Waals surface area (Å²) in [5.74, 6) is 0.382. The van der Waals surface area contributed by atoms with Gasteiger partial charge in [0.15, 0.2) is 5.79 Å². The van der Waals surface area contributed by atoms with Crippen molar-refractivity contribution in [3.63, 3.8) is 0 Å². The number of ether oxygens (including phenoxy) is 2. The lowest BCUT2D eigenvalue weighted by Crippen LogP contribution is -2.31. The van der Waals surface area contributed by atoms with E-state index in [1.54, 1.807) is 0 Å². The molecule has 0 unspecified atom stereocenters. The molecule has 3 nitrogen and oxygen atoms in total. The minimum atomic E-state index is -0.489. The van der Waals surface area contributed by atoms with Crippen LogP contribution in [-0.4, -0.2) is 24.3 Å². The number of carbonyl (C=O) groups is 1. The third-order valence-corrected chi connectivity index (χ3v) is 3.93. The summed E-state index contributed by atoms with van der Waals surface area (Å²) in [4.78, 5) is 10.6. The average Bonchev–Trinajstić information content (AvgIpc) is 2.61. The van der Waals surface area contributed by atoms with Crippen LogP contribution in [0.3, 0.4) is 0 Å². The molecular weight excluding hydrogens is 240 g/mol. The van der Waals surface area contributed by atoms with Crippen LogP contribution < -0.4 is 0 Å². The highest BCUT2D eigenvalue weighted by molar-refractivity contribution is 5.49. The number of carbonyl (C=O) groups excluding carboxylic acids is 1. The van der Waals surface area contributed by atoms with Crippen molar-refractivity contribution >= 4 is 6.29 Å². The van der Waals surface area contributed by atoms with E-state index in [1.807, 2.05) is 13.8 Å². The monoisotopic (exact) mass is 270 g/mol. The first kappa shape index (κ1) is 16.6. The Morgan fingerprint density at radius 3 is 2.53 bits per heavy atom. The maximum absolute atomic E-state index is 10.6. The van der Waals surface area contributed by atoms with Crippen molar-refractivity contribution in [3.05, 3.63) is 0 Å². The van der Waals surface area contributed by atoms with E-state index in [9.17, 15) is 4.79 Å². The molecule has 1 rings (SSSR count). The summed E-state index contributed by atoms with van der Waals surface area (Å²) < 4.78 is 12.1. The Morgan fingerprint density at radius 2 is 1.95 bits per heavy atom. The van der Waals surface area contributed by atoms with Crippen molar-refractivity contribution in [2.24, 2.45) is 11.8 Å². The molecule has 0 aliphatic carbocycles. The lowest BCUT2D eigenvalue weighted by Gasteiger charge is -2.24. The van der Waals surface area contributed by atoms with Gasteiger partial charge in [-0.15, -0.1) is 0 Å². The second-order valence-electron chi connectivity index (χ2n) is 6.50. The van der Waals surface area contributed by atoms with Crippen molar-refractivity contribution in [1.29, 1.82) is 0 Å². The minimum Gasteiger partial charge on any atom is -0.345 e. The van der Waals surface area contributed by atoms with E-state index >= 15 is 0 Å². The predicted molar refractivity (Wildman–Crippen MR) is 77.0 cm³/mol. The van der Waals surface area contributed by atoms with Gasteiger partial charge in [0.2, 0.25) is 0 Å². The number of aldehydes is 1. The Bertz CT molecular complexity index is 275. The Hall–Kier alpha value is -0.410. The molecule has 0 saturated carbocycles. The summed E-state index contributed by atoms with van der Waals surface area (Å²) in [5.41, 5.74) is 0. The summed E-state index contributed by atoms with van der Waals surface area (Å²) in [5, 5.41) is 0. The molecule has 0 bridgehead atoms. The van der Waals surface area contributed by atoms with Gasteiger partial charge in [-0.05, 0) is 38.5 Å². The molecule has 0 spiro atoms. The van der Waals surface area contributed by atoms with Gasteiger partial charge in [0, 0.05) is 6.42 Å². The quantitative estimate of drug-likeness (QED) is 0.626. The first-order chi connectivity index (χ1) is 8.89. The number of rotatable bonds is 8. The molecule has 1 fully saturated rings. The van der Waals surface area contributed by atoms with Crippen LogP contribution in [0.15, 0.2) is 0 Å². The summed E-state index contributed by atoms with van der Waals surface area (Å²) in [6.45, 7) is 10.5. The molecule has 1 saturated heterocycles. The van der Waals surface area contributed by atoms with Crippen LogP contribution >= 0.6 is 0 Å². The van der Waals surface area contributed by atoms with Crippen LogP contribution in [0.4, 0.5) is 0 Å². The SMILES string of the molecule is CCCC[C@@H](C)[C@H]1OC(C)(C)O[C@H]1C[C@@H](C)CC=O. The lowest BCUT2D eigenvalue weighted by atomic mass is 9.89. The van der Waals surface area contributed by atoms with Crippen molar-refractivity contribution < 1.29 is 14.3 Å². The van der Waals surface area contributed by atoms with Gasteiger partial charge in [0.05, 0.1) is 12.2 Å². The fraction of sp³-hybridized carbons (Fsp3) is 0.938. The van der Waals surface area contributed by atoms with Gasteiger partial charge in [-0.2, -0.15) is 0 Å². The molecule has 1 heterocycles. The molecule has 1 aliphatic rings. The lowest BCUT2D eigenvalue weighted by molar-refractivity contribution is -0.151. The highest BCUT2D eigenvalue weighted by Crippen LogP contribution is 2.36. The first-order valence-electron chi connectivity index (χ1n) is 7.69. The van der Waals surface area contributed by atoms with Gasteiger partial charge in [-0.25, -0.2) is 0 Å². The van der Waals surface area contributed by atoms with E-state index in [4.69, 9.17) is 9.47 Å². The normalized spacial score (nSPS) is 29.1. The molecule has 1 aliphatic heterocycles. The summed E-state index contributed by atoms with van der Waals surface area (Å²) >= 11 is 0. The largest absolute Gasteiger partial charge is 0.345 e. The van der Waals surface area contributed by atoms with E-state index in [0.717, 1.165) is 12.7 Å². The second kappa shape index (κ2) is 7.39. The van der Waals surface area contributed by atoms with Crippen LogP contribution in [0, 0.1) is 11.8 Å². The molecule has 112 valence electrons. The topological polar surface area (TPSA) is 35.5 Å². The zero-order chi connectivity index (χ0) is 14.5. The van der Waals surface area contributed by atoms with Gasteiger partial charge in [-0.1, -0.05) is 33.6 Å². The Balaban J connectivity index is 2.61. The van der Waals surface area contributed by atoms with Crippen LogP contribution in [-0.2, 0) is 14.3 Å². The number of hydrogen-bond acceptors (Lipinski definition) is 3. The maximum Gasteiger partial charge on any atom is 0.163 e. The van der Waals surface area contributed by atoms with Crippen LogP contribution in [0.25, 0.3) is 0 Å². The van der Waals surface area contributed by atoms with Crippen LogP contribution in [0.2, 0.25) is 0 Å². The highest BCUT2D eigenvalue weighted by Gasteiger charge is 2.43. The van der Waals surface area contributed by atoms with Crippen molar-refractivity contribution in [1.82, 2.24) is 0 Å². The van der Waals surface area contributed by atoms with Gasteiger partial charge in [0.1, 0.15) is 6.29 Å². The number of hydrogen-bond donors (Lipinski definition) is 0. The van der Waals surface area contributed by atoms with E-state index in [1.165, 1.54) is 19.3 Å². The first-order valence-corrected chi connectivity index (χ1v) is 7.69. The van der Waals surface area contributed by atoms with Crippen molar-refractivity contribution in [3.8, 4) is 0 Å². The van der Waals surface area contributed by atoms with Gasteiger partial charge >= 0.3 is 0 Å². The molecule has 0 aromatic rings. The van der Waals surface area contributed by atoms with Gasteiger partial charge < -0.3 is 14.3 Å². The molecule has 0 aromatic carbocycles. The van der Waals surface area contributed by atoms with E-state index in [-0.39, 0.29) is 12.2 Å². The highest BCUT2D eigenvalue weighted by atomic mass is 16.7. The minimum absolute atomic E-state index is 0.122.